The minimum atomic E-state index is -0.397. The van der Waals surface area contributed by atoms with Crippen molar-refractivity contribution < 1.29 is 14.6 Å². The summed E-state index contributed by atoms with van der Waals surface area (Å²) in [5.41, 5.74) is 6.66. The van der Waals surface area contributed by atoms with E-state index in [1.165, 1.54) is 0 Å². The summed E-state index contributed by atoms with van der Waals surface area (Å²) in [6.45, 7) is 0.617. The van der Waals surface area contributed by atoms with Crippen LogP contribution in [0.15, 0.2) is 30.3 Å². The first kappa shape index (κ1) is 13.0. The van der Waals surface area contributed by atoms with Crippen LogP contribution in [0.2, 0.25) is 0 Å². The molecule has 0 aromatic heterocycles. The number of nitrogens with two attached hydrogens (primary N) is 1. The maximum Gasteiger partial charge on any atom is 0.227 e. The largest absolute Gasteiger partial charge is 0.394 e. The van der Waals surface area contributed by atoms with Crippen LogP contribution in [0.5, 0.6) is 0 Å². The lowest BCUT2D eigenvalue weighted by molar-refractivity contribution is -0.126. The van der Waals surface area contributed by atoms with Crippen molar-refractivity contribution in [1.29, 1.82) is 0 Å². The molecule has 0 bridgehead atoms. The molecule has 18 heavy (non-hydrogen) atoms. The van der Waals surface area contributed by atoms with Crippen molar-refractivity contribution in [2.24, 2.45) is 11.7 Å². The van der Waals surface area contributed by atoms with Gasteiger partial charge in [0.15, 0.2) is 0 Å². The molecule has 0 spiro atoms. The van der Waals surface area contributed by atoms with Crippen LogP contribution in [0, 0.1) is 5.92 Å². The van der Waals surface area contributed by atoms with Gasteiger partial charge in [-0.05, 0) is 5.56 Å². The van der Waals surface area contributed by atoms with E-state index in [-0.39, 0.29) is 24.5 Å². The Balaban J connectivity index is 2.00. The number of benzene rings is 1. The minimum Gasteiger partial charge on any atom is -0.394 e. The van der Waals surface area contributed by atoms with E-state index in [4.69, 9.17) is 10.5 Å². The standard InChI is InChI=1S/C13H18N2O3/c14-11-8-18-7-10(11)13(17)15-12(6-16)9-4-2-1-3-5-9/h1-5,10-12,16H,6-8,14H2,(H,15,17)/t10?,11?,12-/m0/s1. The van der Waals surface area contributed by atoms with E-state index in [0.717, 1.165) is 5.56 Å². The lowest BCUT2D eigenvalue weighted by Gasteiger charge is -2.20. The minimum absolute atomic E-state index is 0.140. The summed E-state index contributed by atoms with van der Waals surface area (Å²) in [5.74, 6) is -0.495. The summed E-state index contributed by atoms with van der Waals surface area (Å²) in [6, 6.07) is 8.70. The highest BCUT2D eigenvalue weighted by Crippen LogP contribution is 2.16. The van der Waals surface area contributed by atoms with Gasteiger partial charge in [0.1, 0.15) is 0 Å². The highest BCUT2D eigenvalue weighted by molar-refractivity contribution is 5.80. The third-order valence-corrected chi connectivity index (χ3v) is 3.16. The number of amides is 1. The lowest BCUT2D eigenvalue weighted by atomic mass is 10.0. The summed E-state index contributed by atoms with van der Waals surface area (Å²) in [6.07, 6.45) is 0. The molecule has 1 amide bonds. The summed E-state index contributed by atoms with van der Waals surface area (Å²) in [4.78, 5) is 12.0. The van der Waals surface area contributed by atoms with Gasteiger partial charge in [0.2, 0.25) is 5.91 Å². The average molecular weight is 250 g/mol. The Kier molecular flexibility index (Phi) is 4.30. The van der Waals surface area contributed by atoms with Crippen LogP contribution in [0.1, 0.15) is 11.6 Å². The van der Waals surface area contributed by atoms with Crippen LogP contribution in [-0.4, -0.2) is 36.9 Å². The highest BCUT2D eigenvalue weighted by Gasteiger charge is 2.32. The Morgan fingerprint density at radius 3 is 2.72 bits per heavy atom. The fourth-order valence-corrected chi connectivity index (χ4v) is 2.04. The van der Waals surface area contributed by atoms with Gasteiger partial charge >= 0.3 is 0 Å². The van der Waals surface area contributed by atoms with Gasteiger partial charge < -0.3 is 20.9 Å². The molecule has 1 heterocycles. The van der Waals surface area contributed by atoms with Crippen molar-refractivity contribution in [3.63, 3.8) is 0 Å². The van der Waals surface area contributed by atoms with Gasteiger partial charge in [0.05, 0.1) is 31.8 Å². The van der Waals surface area contributed by atoms with Gasteiger partial charge in [-0.15, -0.1) is 0 Å². The van der Waals surface area contributed by atoms with Gasteiger partial charge in [0.25, 0.3) is 0 Å². The molecule has 5 heteroatoms. The predicted molar refractivity (Wildman–Crippen MR) is 66.7 cm³/mol. The average Bonchev–Trinajstić information content (AvgIpc) is 2.83. The molecule has 1 aliphatic rings. The lowest BCUT2D eigenvalue weighted by Crippen LogP contribution is -2.43. The Morgan fingerprint density at radius 1 is 1.44 bits per heavy atom. The van der Waals surface area contributed by atoms with E-state index in [2.05, 4.69) is 5.32 Å². The van der Waals surface area contributed by atoms with Crippen molar-refractivity contribution in [3.8, 4) is 0 Å². The second-order valence-electron chi connectivity index (χ2n) is 4.46. The Morgan fingerprint density at radius 2 is 2.17 bits per heavy atom. The molecule has 0 aliphatic carbocycles. The normalized spacial score (nSPS) is 24.8. The summed E-state index contributed by atoms with van der Waals surface area (Å²) in [7, 11) is 0. The summed E-state index contributed by atoms with van der Waals surface area (Å²) >= 11 is 0. The number of carbonyl (C=O) groups excluding carboxylic acids is 1. The molecule has 1 aromatic carbocycles. The Labute approximate surface area is 106 Å². The van der Waals surface area contributed by atoms with Crippen molar-refractivity contribution in [2.45, 2.75) is 12.1 Å². The van der Waals surface area contributed by atoms with Gasteiger partial charge in [-0.25, -0.2) is 0 Å². The van der Waals surface area contributed by atoms with E-state index in [1.54, 1.807) is 0 Å². The van der Waals surface area contributed by atoms with Crippen molar-refractivity contribution >= 4 is 5.91 Å². The van der Waals surface area contributed by atoms with Crippen LogP contribution >= 0.6 is 0 Å². The first-order valence-electron chi connectivity index (χ1n) is 6.02. The number of carbonyl (C=O) groups is 1. The van der Waals surface area contributed by atoms with Crippen molar-refractivity contribution in [3.05, 3.63) is 35.9 Å². The topological polar surface area (TPSA) is 84.6 Å². The third-order valence-electron chi connectivity index (χ3n) is 3.16. The van der Waals surface area contributed by atoms with E-state index in [1.807, 2.05) is 30.3 Å². The first-order chi connectivity index (χ1) is 8.72. The molecule has 2 unspecified atom stereocenters. The zero-order chi connectivity index (χ0) is 13.0. The number of aliphatic hydroxyl groups excluding tert-OH is 1. The fraction of sp³-hybridized carbons (Fsp3) is 0.462. The maximum atomic E-state index is 12.0. The second-order valence-corrected chi connectivity index (χ2v) is 4.46. The molecule has 0 saturated carbocycles. The number of hydrogen-bond donors (Lipinski definition) is 3. The summed E-state index contributed by atoms with van der Waals surface area (Å²) < 4.78 is 5.16. The van der Waals surface area contributed by atoms with Gasteiger partial charge in [0, 0.05) is 6.04 Å². The molecule has 1 fully saturated rings. The van der Waals surface area contributed by atoms with E-state index in [0.29, 0.717) is 13.2 Å². The second kappa shape index (κ2) is 5.95. The molecule has 3 atom stereocenters. The molecular formula is C13H18N2O3. The molecule has 1 aliphatic heterocycles. The molecule has 0 radical (unpaired) electrons. The highest BCUT2D eigenvalue weighted by atomic mass is 16.5. The van der Waals surface area contributed by atoms with Crippen molar-refractivity contribution in [2.75, 3.05) is 19.8 Å². The van der Waals surface area contributed by atoms with Gasteiger partial charge in [-0.1, -0.05) is 30.3 Å². The van der Waals surface area contributed by atoms with Crippen molar-refractivity contribution in [1.82, 2.24) is 5.32 Å². The third kappa shape index (κ3) is 2.87. The smallest absolute Gasteiger partial charge is 0.227 e. The maximum absolute atomic E-state index is 12.0. The van der Waals surface area contributed by atoms with Crippen LogP contribution in [0.25, 0.3) is 0 Å². The number of rotatable bonds is 4. The van der Waals surface area contributed by atoms with Crippen LogP contribution in [0.3, 0.4) is 0 Å². The quantitative estimate of drug-likeness (QED) is 0.691. The first-order valence-corrected chi connectivity index (χ1v) is 6.02. The SMILES string of the molecule is NC1COCC1C(=O)N[C@@H](CO)c1ccccc1. The zero-order valence-electron chi connectivity index (χ0n) is 10.1. The van der Waals surface area contributed by atoms with E-state index >= 15 is 0 Å². The van der Waals surface area contributed by atoms with Crippen LogP contribution in [0.4, 0.5) is 0 Å². The van der Waals surface area contributed by atoms with Crippen LogP contribution < -0.4 is 11.1 Å². The Bertz CT molecular complexity index is 396. The molecule has 4 N–H and O–H groups in total. The van der Waals surface area contributed by atoms with E-state index in [9.17, 15) is 9.90 Å². The zero-order valence-corrected chi connectivity index (χ0v) is 10.1. The van der Waals surface area contributed by atoms with Gasteiger partial charge in [-0.3, -0.25) is 4.79 Å². The van der Waals surface area contributed by atoms with E-state index < -0.39 is 6.04 Å². The number of ether oxygens (including phenoxy) is 1. The number of aliphatic hydroxyl groups is 1. The van der Waals surface area contributed by atoms with Gasteiger partial charge in [-0.2, -0.15) is 0 Å². The molecule has 2 rings (SSSR count). The molecule has 1 saturated heterocycles. The molecular weight excluding hydrogens is 232 g/mol. The fourth-order valence-electron chi connectivity index (χ4n) is 2.04. The number of hydrogen-bond acceptors (Lipinski definition) is 4. The molecule has 98 valence electrons. The Hall–Kier alpha value is -1.43. The van der Waals surface area contributed by atoms with Crippen LogP contribution in [-0.2, 0) is 9.53 Å². The molecule has 5 nitrogen and oxygen atoms in total. The predicted octanol–water partition coefficient (Wildman–Crippen LogP) is -0.190. The molecule has 1 aromatic rings. The summed E-state index contributed by atoms with van der Waals surface area (Å²) in [5, 5.41) is 12.2. The number of nitrogens with one attached hydrogen (secondary N) is 1. The monoisotopic (exact) mass is 250 g/mol.